The van der Waals surface area contributed by atoms with Gasteiger partial charge in [0.1, 0.15) is 30.5 Å². The fraction of sp³-hybridized carbons (Fsp3) is 0.350. The summed E-state index contributed by atoms with van der Waals surface area (Å²) in [5.74, 6) is 0. The zero-order valence-corrected chi connectivity index (χ0v) is 17.8. The molecule has 2 aromatic heterocycles. The highest BCUT2D eigenvalue weighted by Crippen LogP contribution is 2.39. The van der Waals surface area contributed by atoms with E-state index in [0.29, 0.717) is 22.6 Å². The van der Waals surface area contributed by atoms with Crippen molar-refractivity contribution in [1.82, 2.24) is 4.98 Å². The van der Waals surface area contributed by atoms with Gasteiger partial charge in [0.25, 0.3) is 0 Å². The molecule has 1 aromatic carbocycles. The van der Waals surface area contributed by atoms with Crippen LogP contribution in [-0.2, 0) is 11.2 Å². The molecule has 0 amide bonds. The van der Waals surface area contributed by atoms with Gasteiger partial charge >= 0.3 is 0 Å². The van der Waals surface area contributed by atoms with Crippen LogP contribution < -0.4 is 0 Å². The molecule has 3 heterocycles. The van der Waals surface area contributed by atoms with Gasteiger partial charge in [0.2, 0.25) is 0 Å². The van der Waals surface area contributed by atoms with Gasteiger partial charge in [0.05, 0.1) is 29.0 Å². The number of aliphatic hydroxyl groups excluding tert-OH is 4. The van der Waals surface area contributed by atoms with E-state index in [1.807, 2.05) is 6.07 Å². The molecule has 3 aromatic rings. The predicted octanol–water partition coefficient (Wildman–Crippen LogP) is 2.82. The van der Waals surface area contributed by atoms with E-state index < -0.39 is 37.1 Å². The standard InChI is InChI=1S/C20H19Cl2NO6S/c21-12-5-13(22)11(20-19(27)18(26)17(25)14(7-24)29-20)3-10(12)4-16-23-6-15(30-16)9-1-2-28-8-9/h1-3,5-6,8,14,17-20,24-27H,4,7H2/t14-,17-,18+,19-,20+/m1/s1. The number of aromatic nitrogens is 1. The molecule has 0 spiro atoms. The lowest BCUT2D eigenvalue weighted by atomic mass is 9.90. The summed E-state index contributed by atoms with van der Waals surface area (Å²) in [5, 5.41) is 41.4. The quantitative estimate of drug-likeness (QED) is 0.451. The van der Waals surface area contributed by atoms with Crippen LogP contribution >= 0.6 is 34.5 Å². The van der Waals surface area contributed by atoms with Crippen LogP contribution in [-0.4, -0.2) is 56.4 Å². The molecule has 0 aliphatic carbocycles. The summed E-state index contributed by atoms with van der Waals surface area (Å²) < 4.78 is 10.7. The first kappa shape index (κ1) is 21.7. The maximum absolute atomic E-state index is 10.4. The summed E-state index contributed by atoms with van der Waals surface area (Å²) in [5.41, 5.74) is 2.05. The van der Waals surface area contributed by atoms with E-state index >= 15 is 0 Å². The highest BCUT2D eigenvalue weighted by atomic mass is 35.5. The van der Waals surface area contributed by atoms with Gasteiger partial charge < -0.3 is 29.6 Å². The van der Waals surface area contributed by atoms with Crippen LogP contribution in [0.2, 0.25) is 10.0 Å². The normalized spacial score (nSPS) is 26.8. The Kier molecular flexibility index (Phi) is 6.47. The lowest BCUT2D eigenvalue weighted by Gasteiger charge is -2.40. The van der Waals surface area contributed by atoms with Crippen LogP contribution in [0.5, 0.6) is 0 Å². The predicted molar refractivity (Wildman–Crippen MR) is 112 cm³/mol. The molecule has 30 heavy (non-hydrogen) atoms. The second kappa shape index (κ2) is 8.94. The number of nitrogens with zero attached hydrogens (tertiary/aromatic N) is 1. The zero-order valence-electron chi connectivity index (χ0n) is 15.5. The van der Waals surface area contributed by atoms with Crippen molar-refractivity contribution in [2.75, 3.05) is 6.61 Å². The molecule has 7 nitrogen and oxygen atoms in total. The monoisotopic (exact) mass is 471 g/mol. The number of benzene rings is 1. The third-order valence-electron chi connectivity index (χ3n) is 5.07. The minimum Gasteiger partial charge on any atom is -0.472 e. The number of furan rings is 1. The molecular formula is C20H19Cl2NO6S. The van der Waals surface area contributed by atoms with Crippen LogP contribution in [0.3, 0.4) is 0 Å². The molecular weight excluding hydrogens is 453 g/mol. The SMILES string of the molecule is OC[C@H]1O[C@@H](c2cc(Cc3ncc(-c4ccoc4)s3)c(Cl)cc2Cl)[C@H](O)[C@@H](O)[C@@H]1O. The van der Waals surface area contributed by atoms with Crippen molar-refractivity contribution in [3.05, 3.63) is 63.1 Å². The summed E-state index contributed by atoms with van der Waals surface area (Å²) in [6, 6.07) is 5.08. The number of ether oxygens (including phenoxy) is 1. The number of aliphatic hydroxyl groups is 4. The lowest BCUT2D eigenvalue weighted by molar-refractivity contribution is -0.231. The van der Waals surface area contributed by atoms with Gasteiger partial charge in [-0.25, -0.2) is 4.98 Å². The second-order valence-corrected chi connectivity index (χ2v) is 8.95. The first-order valence-electron chi connectivity index (χ1n) is 9.14. The highest BCUT2D eigenvalue weighted by molar-refractivity contribution is 7.15. The van der Waals surface area contributed by atoms with Gasteiger partial charge in [0, 0.05) is 33.8 Å². The van der Waals surface area contributed by atoms with Gasteiger partial charge in [-0.15, -0.1) is 11.3 Å². The number of thiazole rings is 1. The number of rotatable bonds is 5. The van der Waals surface area contributed by atoms with E-state index in [4.69, 9.17) is 32.4 Å². The molecule has 1 saturated heterocycles. The Hall–Kier alpha value is -1.49. The van der Waals surface area contributed by atoms with Crippen LogP contribution in [0, 0.1) is 0 Å². The summed E-state index contributed by atoms with van der Waals surface area (Å²) in [6.07, 6.45) is -1.02. The largest absolute Gasteiger partial charge is 0.472 e. The molecule has 0 saturated carbocycles. The maximum Gasteiger partial charge on any atom is 0.113 e. The smallest absolute Gasteiger partial charge is 0.113 e. The summed E-state index contributed by atoms with van der Waals surface area (Å²) >= 11 is 14.2. The van der Waals surface area contributed by atoms with Gasteiger partial charge in [-0.1, -0.05) is 23.2 Å². The molecule has 4 rings (SSSR count). The molecule has 0 bridgehead atoms. The van der Waals surface area contributed by atoms with Crippen molar-refractivity contribution < 1.29 is 29.6 Å². The Morgan fingerprint density at radius 1 is 1.07 bits per heavy atom. The van der Waals surface area contributed by atoms with E-state index in [-0.39, 0.29) is 5.02 Å². The average Bonchev–Trinajstić information content (AvgIpc) is 3.41. The first-order valence-corrected chi connectivity index (χ1v) is 10.7. The van der Waals surface area contributed by atoms with Crippen molar-refractivity contribution in [2.24, 2.45) is 0 Å². The number of hydrogen-bond donors (Lipinski definition) is 4. The van der Waals surface area contributed by atoms with E-state index in [0.717, 1.165) is 15.4 Å². The Morgan fingerprint density at radius 2 is 1.87 bits per heavy atom. The van der Waals surface area contributed by atoms with Crippen LogP contribution in [0.4, 0.5) is 0 Å². The van der Waals surface area contributed by atoms with Crippen molar-refractivity contribution >= 4 is 34.5 Å². The highest BCUT2D eigenvalue weighted by Gasteiger charge is 2.44. The molecule has 160 valence electrons. The average molecular weight is 472 g/mol. The minimum atomic E-state index is -1.49. The first-order chi connectivity index (χ1) is 14.4. The van der Waals surface area contributed by atoms with Gasteiger partial charge in [-0.3, -0.25) is 0 Å². The van der Waals surface area contributed by atoms with E-state index in [2.05, 4.69) is 4.98 Å². The molecule has 4 N–H and O–H groups in total. The van der Waals surface area contributed by atoms with E-state index in [1.165, 1.54) is 11.3 Å². The Morgan fingerprint density at radius 3 is 2.57 bits per heavy atom. The maximum atomic E-state index is 10.4. The Balaban J connectivity index is 1.63. The Labute approximate surface area is 186 Å². The van der Waals surface area contributed by atoms with Gasteiger partial charge in [0.15, 0.2) is 0 Å². The summed E-state index contributed by atoms with van der Waals surface area (Å²) in [6.45, 7) is -0.518. The fourth-order valence-electron chi connectivity index (χ4n) is 3.42. The zero-order chi connectivity index (χ0) is 21.4. The third kappa shape index (κ3) is 4.15. The molecule has 1 aliphatic rings. The van der Waals surface area contributed by atoms with Crippen molar-refractivity contribution in [3.8, 4) is 10.4 Å². The topological polar surface area (TPSA) is 116 Å². The number of hydrogen-bond acceptors (Lipinski definition) is 8. The van der Waals surface area contributed by atoms with E-state index in [1.54, 1.807) is 30.9 Å². The third-order valence-corrected chi connectivity index (χ3v) is 6.79. The van der Waals surface area contributed by atoms with E-state index in [9.17, 15) is 20.4 Å². The van der Waals surface area contributed by atoms with Gasteiger partial charge in [-0.2, -0.15) is 0 Å². The molecule has 0 radical (unpaired) electrons. The summed E-state index contributed by atoms with van der Waals surface area (Å²) in [7, 11) is 0. The van der Waals surface area contributed by atoms with Crippen molar-refractivity contribution in [1.29, 1.82) is 0 Å². The van der Waals surface area contributed by atoms with Crippen molar-refractivity contribution in [2.45, 2.75) is 36.9 Å². The minimum absolute atomic E-state index is 0.242. The molecule has 10 heteroatoms. The molecule has 5 atom stereocenters. The number of halogens is 2. The van der Waals surface area contributed by atoms with Gasteiger partial charge in [-0.05, 0) is 23.8 Å². The van der Waals surface area contributed by atoms with Crippen molar-refractivity contribution in [3.63, 3.8) is 0 Å². The molecule has 0 unspecified atom stereocenters. The van der Waals surface area contributed by atoms with Crippen LogP contribution in [0.1, 0.15) is 22.2 Å². The summed E-state index contributed by atoms with van der Waals surface area (Å²) in [4.78, 5) is 5.39. The molecule has 1 aliphatic heterocycles. The molecule has 1 fully saturated rings. The van der Waals surface area contributed by atoms with Crippen LogP contribution in [0.25, 0.3) is 10.4 Å². The second-order valence-electron chi connectivity index (χ2n) is 7.02. The fourth-order valence-corrected chi connectivity index (χ4v) is 4.90. The van der Waals surface area contributed by atoms with Crippen LogP contribution in [0.15, 0.2) is 41.3 Å². The lowest BCUT2D eigenvalue weighted by Crippen LogP contribution is -2.55. The Bertz CT molecular complexity index is 1010.